The van der Waals surface area contributed by atoms with Gasteiger partial charge in [-0.05, 0) is 44.0 Å². The fourth-order valence-corrected chi connectivity index (χ4v) is 5.11. The second kappa shape index (κ2) is 15.9. The van der Waals surface area contributed by atoms with E-state index < -0.39 is 0 Å². The van der Waals surface area contributed by atoms with E-state index in [2.05, 4.69) is 45.9 Å². The van der Waals surface area contributed by atoms with Gasteiger partial charge in [-0.3, -0.25) is 4.90 Å². The van der Waals surface area contributed by atoms with Gasteiger partial charge in [0.1, 0.15) is 17.6 Å². The third-order valence-corrected chi connectivity index (χ3v) is 6.82. The fraction of sp³-hybridized carbons (Fsp3) is 0.455. The number of rotatable bonds is 5. The van der Waals surface area contributed by atoms with Crippen LogP contribution in [-0.4, -0.2) is 73.1 Å². The molecular formula is C33H45N7O3. The van der Waals surface area contributed by atoms with E-state index in [0.717, 1.165) is 36.6 Å². The van der Waals surface area contributed by atoms with Gasteiger partial charge in [0.2, 0.25) is 5.88 Å². The number of aliphatic hydroxyl groups is 1. The smallest absolute Gasteiger partial charge is 0.212 e. The van der Waals surface area contributed by atoms with E-state index in [1.54, 1.807) is 33.2 Å². The quantitative estimate of drug-likeness (QED) is 0.304. The first-order valence-corrected chi connectivity index (χ1v) is 15.0. The van der Waals surface area contributed by atoms with E-state index in [1.165, 1.54) is 35.3 Å². The Morgan fingerprint density at radius 1 is 1.05 bits per heavy atom. The number of methoxy groups -OCH3 is 1. The van der Waals surface area contributed by atoms with Crippen LogP contribution in [-0.2, 0) is 6.54 Å². The van der Waals surface area contributed by atoms with Gasteiger partial charge >= 0.3 is 0 Å². The summed E-state index contributed by atoms with van der Waals surface area (Å²) in [5, 5.41) is 31.8. The fourth-order valence-electron chi connectivity index (χ4n) is 5.11. The molecule has 0 amide bonds. The van der Waals surface area contributed by atoms with E-state index in [4.69, 9.17) is 14.8 Å². The third-order valence-electron chi connectivity index (χ3n) is 6.82. The van der Waals surface area contributed by atoms with Gasteiger partial charge in [-0.15, -0.1) is 0 Å². The topological polar surface area (TPSA) is 123 Å². The largest absolute Gasteiger partial charge is 0.506 e. The molecule has 2 bridgehead atoms. The predicted molar refractivity (Wildman–Crippen MR) is 170 cm³/mol. The van der Waals surface area contributed by atoms with Gasteiger partial charge in [-0.1, -0.05) is 40.2 Å². The summed E-state index contributed by atoms with van der Waals surface area (Å²) in [7, 11) is 1.63. The van der Waals surface area contributed by atoms with Crippen molar-refractivity contribution < 1.29 is 14.9 Å². The van der Waals surface area contributed by atoms with E-state index in [9.17, 15) is 10.4 Å². The molecule has 0 aromatic carbocycles. The summed E-state index contributed by atoms with van der Waals surface area (Å²) >= 11 is 0. The molecule has 4 aromatic rings. The summed E-state index contributed by atoms with van der Waals surface area (Å²) < 4.78 is 6.68. The highest BCUT2D eigenvalue weighted by Crippen LogP contribution is 2.36. The SMILES string of the molecule is CC.CC(C)O.CCC.COc1ccc(CN2C3CC2CN(c2ccc(-c4cc(O)cn5ncc(C#N)c45)cn2)C3)cn1. The summed E-state index contributed by atoms with van der Waals surface area (Å²) in [6.45, 7) is 14.5. The molecular weight excluding hydrogens is 542 g/mol. The highest BCUT2D eigenvalue weighted by atomic mass is 16.5. The van der Waals surface area contributed by atoms with E-state index in [0.29, 0.717) is 29.0 Å². The molecule has 3 saturated heterocycles. The maximum Gasteiger partial charge on any atom is 0.212 e. The molecule has 3 aliphatic rings. The van der Waals surface area contributed by atoms with Crippen molar-refractivity contribution in [1.29, 1.82) is 5.26 Å². The molecule has 0 aliphatic carbocycles. The number of ether oxygens (including phenoxy) is 1. The molecule has 0 spiro atoms. The van der Waals surface area contributed by atoms with Crippen molar-refractivity contribution in [3.8, 4) is 28.8 Å². The summed E-state index contributed by atoms with van der Waals surface area (Å²) in [6, 6.07) is 12.8. The molecule has 3 fully saturated rings. The Morgan fingerprint density at radius 2 is 1.72 bits per heavy atom. The van der Waals surface area contributed by atoms with Gasteiger partial charge in [0.25, 0.3) is 0 Å². The minimum Gasteiger partial charge on any atom is -0.506 e. The Kier molecular flexibility index (Phi) is 12.3. The van der Waals surface area contributed by atoms with Crippen molar-refractivity contribution in [1.82, 2.24) is 24.5 Å². The Labute approximate surface area is 255 Å². The van der Waals surface area contributed by atoms with Crippen LogP contribution in [0.1, 0.15) is 65.5 Å². The number of aromatic nitrogens is 4. The van der Waals surface area contributed by atoms with Gasteiger partial charge in [0, 0.05) is 67.4 Å². The van der Waals surface area contributed by atoms with E-state index in [1.807, 2.05) is 38.2 Å². The summed E-state index contributed by atoms with van der Waals surface area (Å²) in [6.07, 6.45) is 8.99. The first-order valence-electron chi connectivity index (χ1n) is 15.0. The number of aromatic hydroxyl groups is 1. The van der Waals surface area contributed by atoms with Crippen molar-refractivity contribution in [2.75, 3.05) is 25.1 Å². The minimum absolute atomic E-state index is 0.0856. The molecule has 4 aromatic heterocycles. The number of nitriles is 1. The van der Waals surface area contributed by atoms with Crippen LogP contribution >= 0.6 is 0 Å². The van der Waals surface area contributed by atoms with Gasteiger partial charge < -0.3 is 19.8 Å². The first-order chi connectivity index (χ1) is 20.8. The lowest BCUT2D eigenvalue weighted by molar-refractivity contribution is -0.00876. The zero-order valence-corrected chi connectivity index (χ0v) is 26.4. The normalized spacial score (nSPS) is 16.9. The second-order valence-electron chi connectivity index (χ2n) is 10.6. The number of hydrogen-bond donors (Lipinski definition) is 2. The average Bonchev–Trinajstić information content (AvgIpc) is 3.44. The predicted octanol–water partition coefficient (Wildman–Crippen LogP) is 5.67. The number of fused-ring (bicyclic) bond motifs is 3. The lowest BCUT2D eigenvalue weighted by atomic mass is 9.87. The van der Waals surface area contributed by atoms with Gasteiger partial charge in [0.15, 0.2) is 0 Å². The molecule has 230 valence electrons. The number of anilines is 1. The van der Waals surface area contributed by atoms with Crippen LogP contribution < -0.4 is 9.64 Å². The molecule has 0 saturated carbocycles. The molecule has 2 N–H and O–H groups in total. The summed E-state index contributed by atoms with van der Waals surface area (Å²) in [5.41, 5.74) is 3.88. The Balaban J connectivity index is 0.000000505. The number of piperidine rings is 1. The lowest BCUT2D eigenvalue weighted by Gasteiger charge is -2.56. The molecule has 3 aliphatic heterocycles. The van der Waals surface area contributed by atoms with Crippen molar-refractivity contribution in [3.05, 3.63) is 66.2 Å². The summed E-state index contributed by atoms with van der Waals surface area (Å²) in [4.78, 5) is 13.9. The number of nitrogens with zero attached hydrogens (tertiary/aromatic N) is 7. The number of aliphatic hydroxyl groups excluding tert-OH is 1. The monoisotopic (exact) mass is 587 g/mol. The van der Waals surface area contributed by atoms with Crippen LogP contribution in [0, 0.1) is 11.3 Å². The molecule has 7 rings (SSSR count). The van der Waals surface area contributed by atoms with Gasteiger partial charge in [-0.2, -0.15) is 10.4 Å². The first kappa shape index (κ1) is 33.3. The molecule has 0 radical (unpaired) electrons. The maximum atomic E-state index is 10.1. The third kappa shape index (κ3) is 8.21. The highest BCUT2D eigenvalue weighted by molar-refractivity contribution is 5.85. The van der Waals surface area contributed by atoms with Crippen molar-refractivity contribution in [3.63, 3.8) is 0 Å². The minimum atomic E-state index is -0.167. The highest BCUT2D eigenvalue weighted by Gasteiger charge is 2.44. The number of piperazine rings is 1. The average molecular weight is 588 g/mol. The van der Waals surface area contributed by atoms with Crippen LogP contribution in [0.25, 0.3) is 16.6 Å². The molecule has 43 heavy (non-hydrogen) atoms. The summed E-state index contributed by atoms with van der Waals surface area (Å²) in [5.74, 6) is 1.66. The van der Waals surface area contributed by atoms with Crippen LogP contribution in [0.4, 0.5) is 5.82 Å². The van der Waals surface area contributed by atoms with Crippen LogP contribution in [0.2, 0.25) is 0 Å². The van der Waals surface area contributed by atoms with Crippen molar-refractivity contribution in [2.45, 2.75) is 79.1 Å². The van der Waals surface area contributed by atoms with Crippen molar-refractivity contribution >= 4 is 11.3 Å². The van der Waals surface area contributed by atoms with E-state index >= 15 is 0 Å². The van der Waals surface area contributed by atoms with E-state index in [-0.39, 0.29) is 11.9 Å². The Bertz CT molecular complexity index is 1450. The molecule has 7 heterocycles. The Hall–Kier alpha value is -4.20. The standard InChI is InChI=1S/C25H23N7O2.C3H8O.C3H8.C2H6/c1-34-24-5-2-16(9-28-24)12-31-19-6-20(31)14-30(13-19)23-4-3-17(10-27-23)22-7-21(33)15-32-25(22)18(8-26)11-29-32;1-3(2)4;1-3-2;1-2/h2-5,7,9-11,15,19-20,33H,6,12-14H2,1H3;3-4H,1-2H3;3H2,1-2H3;1-2H3. The molecule has 2 atom stereocenters. The van der Waals surface area contributed by atoms with Crippen LogP contribution in [0.15, 0.2) is 55.1 Å². The number of pyridine rings is 3. The van der Waals surface area contributed by atoms with Crippen LogP contribution in [0.5, 0.6) is 11.6 Å². The molecule has 10 nitrogen and oxygen atoms in total. The molecule has 10 heteroatoms. The number of hydrogen-bond acceptors (Lipinski definition) is 9. The van der Waals surface area contributed by atoms with Gasteiger partial charge in [0.05, 0.1) is 30.6 Å². The molecule has 2 unspecified atom stereocenters. The lowest BCUT2D eigenvalue weighted by Crippen LogP contribution is -2.68. The Morgan fingerprint density at radius 3 is 2.26 bits per heavy atom. The van der Waals surface area contributed by atoms with Gasteiger partial charge in [-0.25, -0.2) is 14.5 Å². The zero-order valence-electron chi connectivity index (χ0n) is 26.4. The maximum absolute atomic E-state index is 10.1. The van der Waals surface area contributed by atoms with Crippen molar-refractivity contribution in [2.24, 2.45) is 0 Å². The zero-order chi connectivity index (χ0) is 31.5. The van der Waals surface area contributed by atoms with Crippen LogP contribution in [0.3, 0.4) is 0 Å². The second-order valence-corrected chi connectivity index (χ2v) is 10.6.